The fourth-order valence-corrected chi connectivity index (χ4v) is 0.543. The van der Waals surface area contributed by atoms with Crippen LogP contribution in [0.4, 0.5) is 0 Å². The van der Waals surface area contributed by atoms with Crippen molar-refractivity contribution >= 4 is 0 Å². The van der Waals surface area contributed by atoms with Gasteiger partial charge >= 0.3 is 0 Å². The average molecular weight is 124 g/mol. The van der Waals surface area contributed by atoms with E-state index in [0.29, 0.717) is 0 Å². The van der Waals surface area contributed by atoms with Crippen LogP contribution >= 0.6 is 0 Å². The molecular formula is C7H8O2. The fourth-order valence-electron chi connectivity index (χ4n) is 0.543. The van der Waals surface area contributed by atoms with Crippen LogP contribution in [-0.2, 0) is 4.74 Å². The van der Waals surface area contributed by atoms with Gasteiger partial charge in [0.05, 0.1) is 6.26 Å². The molecule has 0 fully saturated rings. The second-order valence-electron chi connectivity index (χ2n) is 1.76. The number of allylic oxidation sites excluding steroid dienone is 2. The van der Waals surface area contributed by atoms with Gasteiger partial charge in [0.2, 0.25) is 5.79 Å². The molecule has 0 saturated heterocycles. The average Bonchev–Trinajstić information content (AvgIpc) is 1.90. The van der Waals surface area contributed by atoms with E-state index in [4.69, 9.17) is 4.74 Å². The van der Waals surface area contributed by atoms with Gasteiger partial charge in [0.15, 0.2) is 0 Å². The normalized spacial score (nSPS) is 31.7. The zero-order valence-corrected chi connectivity index (χ0v) is 4.95. The van der Waals surface area contributed by atoms with Gasteiger partial charge in [-0.3, -0.25) is 0 Å². The third kappa shape index (κ3) is 1.21. The van der Waals surface area contributed by atoms with Crippen molar-refractivity contribution in [2.24, 2.45) is 0 Å². The van der Waals surface area contributed by atoms with E-state index in [2.05, 4.69) is 6.58 Å². The second-order valence-corrected chi connectivity index (χ2v) is 1.76. The maximum absolute atomic E-state index is 9.20. The molecule has 0 aromatic carbocycles. The lowest BCUT2D eigenvalue weighted by molar-refractivity contribution is -0.0859. The van der Waals surface area contributed by atoms with E-state index in [1.807, 2.05) is 0 Å². The zero-order chi connectivity index (χ0) is 6.74. The fraction of sp³-hybridized carbons (Fsp3) is 0.143. The standard InChI is InChI=1S/C7H8O2/c1-2-7(8)5-3-4-6-9-7/h2-6,8H,1H2. The predicted molar refractivity (Wildman–Crippen MR) is 34.5 cm³/mol. The molecule has 48 valence electrons. The van der Waals surface area contributed by atoms with Crippen LogP contribution in [0.3, 0.4) is 0 Å². The molecule has 9 heavy (non-hydrogen) atoms. The molecule has 1 unspecified atom stereocenters. The molecule has 1 N–H and O–H groups in total. The van der Waals surface area contributed by atoms with Crippen LogP contribution in [0.15, 0.2) is 37.1 Å². The first kappa shape index (κ1) is 6.11. The van der Waals surface area contributed by atoms with E-state index in [1.54, 1.807) is 12.2 Å². The van der Waals surface area contributed by atoms with Crippen LogP contribution in [0, 0.1) is 0 Å². The Kier molecular flexibility index (Phi) is 1.40. The summed E-state index contributed by atoms with van der Waals surface area (Å²) in [5.74, 6) is -1.28. The molecule has 1 rings (SSSR count). The maximum atomic E-state index is 9.20. The molecule has 0 aromatic rings. The molecule has 1 aliphatic rings. The monoisotopic (exact) mass is 124 g/mol. The van der Waals surface area contributed by atoms with Gasteiger partial charge in [-0.15, -0.1) is 0 Å². The van der Waals surface area contributed by atoms with Crippen LogP contribution in [0.1, 0.15) is 0 Å². The minimum atomic E-state index is -1.28. The molecule has 2 nitrogen and oxygen atoms in total. The van der Waals surface area contributed by atoms with Crippen LogP contribution in [0.2, 0.25) is 0 Å². The first-order valence-corrected chi connectivity index (χ1v) is 2.65. The second kappa shape index (κ2) is 2.07. The summed E-state index contributed by atoms with van der Waals surface area (Å²) in [5, 5.41) is 9.20. The minimum absolute atomic E-state index is 1.28. The van der Waals surface area contributed by atoms with Gasteiger partial charge in [0.1, 0.15) is 0 Å². The lowest BCUT2D eigenvalue weighted by atomic mass is 10.2. The number of hydrogen-bond acceptors (Lipinski definition) is 2. The highest BCUT2D eigenvalue weighted by molar-refractivity contribution is 5.15. The smallest absolute Gasteiger partial charge is 0.247 e. The predicted octanol–water partition coefficient (Wildman–Crippen LogP) is 0.961. The highest BCUT2D eigenvalue weighted by Crippen LogP contribution is 2.13. The van der Waals surface area contributed by atoms with Crippen molar-refractivity contribution in [3.8, 4) is 0 Å². The van der Waals surface area contributed by atoms with E-state index in [9.17, 15) is 5.11 Å². The lowest BCUT2D eigenvalue weighted by Gasteiger charge is -2.20. The summed E-state index contributed by atoms with van der Waals surface area (Å²) in [6.45, 7) is 3.40. The molecule has 2 heteroatoms. The lowest BCUT2D eigenvalue weighted by Crippen LogP contribution is -2.25. The molecule has 0 saturated carbocycles. The summed E-state index contributed by atoms with van der Waals surface area (Å²) in [7, 11) is 0. The first-order chi connectivity index (χ1) is 4.27. The van der Waals surface area contributed by atoms with Gasteiger partial charge in [0.25, 0.3) is 0 Å². The molecular weight excluding hydrogens is 116 g/mol. The van der Waals surface area contributed by atoms with Crippen molar-refractivity contribution in [1.82, 2.24) is 0 Å². The summed E-state index contributed by atoms with van der Waals surface area (Å²) in [4.78, 5) is 0. The van der Waals surface area contributed by atoms with E-state index < -0.39 is 5.79 Å². The topological polar surface area (TPSA) is 29.5 Å². The molecule has 0 spiro atoms. The van der Waals surface area contributed by atoms with Crippen LogP contribution < -0.4 is 0 Å². The number of ether oxygens (including phenoxy) is 1. The van der Waals surface area contributed by atoms with Crippen molar-refractivity contribution < 1.29 is 9.84 Å². The summed E-state index contributed by atoms with van der Waals surface area (Å²) >= 11 is 0. The Bertz CT molecular complexity index is 170. The number of rotatable bonds is 1. The Morgan fingerprint density at radius 1 is 1.56 bits per heavy atom. The van der Waals surface area contributed by atoms with Crippen molar-refractivity contribution in [2.75, 3.05) is 0 Å². The van der Waals surface area contributed by atoms with E-state index in [0.717, 1.165) is 0 Å². The Morgan fingerprint density at radius 3 is 2.67 bits per heavy atom. The SMILES string of the molecule is C=CC1(O)C=CC=CO1. The van der Waals surface area contributed by atoms with E-state index >= 15 is 0 Å². The van der Waals surface area contributed by atoms with Gasteiger partial charge in [-0.25, -0.2) is 0 Å². The van der Waals surface area contributed by atoms with Crippen molar-refractivity contribution in [2.45, 2.75) is 5.79 Å². The van der Waals surface area contributed by atoms with Gasteiger partial charge < -0.3 is 9.84 Å². The third-order valence-electron chi connectivity index (χ3n) is 1.07. The number of aliphatic hydroxyl groups is 1. The summed E-state index contributed by atoms with van der Waals surface area (Å²) in [5.41, 5.74) is 0. The highest BCUT2D eigenvalue weighted by Gasteiger charge is 2.19. The van der Waals surface area contributed by atoms with Gasteiger partial charge in [-0.05, 0) is 18.2 Å². The molecule has 1 aliphatic heterocycles. The maximum Gasteiger partial charge on any atom is 0.247 e. The van der Waals surface area contributed by atoms with Gasteiger partial charge in [-0.1, -0.05) is 12.7 Å². The molecule has 0 aromatic heterocycles. The van der Waals surface area contributed by atoms with Crippen LogP contribution in [0.25, 0.3) is 0 Å². The van der Waals surface area contributed by atoms with E-state index in [-0.39, 0.29) is 0 Å². The van der Waals surface area contributed by atoms with Crippen molar-refractivity contribution in [3.05, 3.63) is 37.1 Å². The van der Waals surface area contributed by atoms with Crippen LogP contribution in [-0.4, -0.2) is 10.9 Å². The van der Waals surface area contributed by atoms with E-state index in [1.165, 1.54) is 18.4 Å². The quantitative estimate of drug-likeness (QED) is 0.527. The third-order valence-corrected chi connectivity index (χ3v) is 1.07. The Balaban J connectivity index is 2.73. The Labute approximate surface area is 53.8 Å². The zero-order valence-electron chi connectivity index (χ0n) is 4.95. The van der Waals surface area contributed by atoms with Crippen molar-refractivity contribution in [3.63, 3.8) is 0 Å². The highest BCUT2D eigenvalue weighted by atomic mass is 16.6. The Morgan fingerprint density at radius 2 is 2.33 bits per heavy atom. The van der Waals surface area contributed by atoms with Gasteiger partial charge in [-0.2, -0.15) is 0 Å². The first-order valence-electron chi connectivity index (χ1n) is 2.65. The summed E-state index contributed by atoms with van der Waals surface area (Å²) in [6.07, 6.45) is 7.65. The van der Waals surface area contributed by atoms with Gasteiger partial charge in [0, 0.05) is 0 Å². The molecule has 0 amide bonds. The molecule has 0 aliphatic carbocycles. The molecule has 1 heterocycles. The Hall–Kier alpha value is -1.02. The summed E-state index contributed by atoms with van der Waals surface area (Å²) < 4.78 is 4.78. The molecule has 0 bridgehead atoms. The van der Waals surface area contributed by atoms with Crippen molar-refractivity contribution in [1.29, 1.82) is 0 Å². The molecule has 1 atom stereocenters. The molecule has 0 radical (unpaired) electrons. The minimum Gasteiger partial charge on any atom is -0.463 e. The number of hydrogen-bond donors (Lipinski definition) is 1. The largest absolute Gasteiger partial charge is 0.463 e. The van der Waals surface area contributed by atoms with Crippen LogP contribution in [0.5, 0.6) is 0 Å². The summed E-state index contributed by atoms with van der Waals surface area (Å²) in [6, 6.07) is 0.